The van der Waals surface area contributed by atoms with Gasteiger partial charge >= 0.3 is 0 Å². The highest BCUT2D eigenvalue weighted by atomic mass is 32.2. The van der Waals surface area contributed by atoms with E-state index in [1.807, 2.05) is 17.5 Å². The number of carbonyl (C=O) groups is 1. The Bertz CT molecular complexity index is 752. The summed E-state index contributed by atoms with van der Waals surface area (Å²) in [5, 5.41) is 0.830. The van der Waals surface area contributed by atoms with Crippen molar-refractivity contribution in [3.05, 3.63) is 46.7 Å². The molecule has 0 spiro atoms. The zero-order chi connectivity index (χ0) is 17.0. The minimum absolute atomic E-state index is 0.336. The second-order valence-electron chi connectivity index (χ2n) is 5.17. The summed E-state index contributed by atoms with van der Waals surface area (Å²) < 4.78 is 28.6. The number of nitrogens with zero attached hydrogens (tertiary/aromatic N) is 1. The first kappa shape index (κ1) is 17.5. The second kappa shape index (κ2) is 7.14. The van der Waals surface area contributed by atoms with Crippen LogP contribution in [0.4, 0.5) is 5.69 Å². The van der Waals surface area contributed by atoms with Gasteiger partial charge in [-0.25, -0.2) is 8.42 Å². The largest absolute Gasteiger partial charge is 0.497 e. The lowest BCUT2D eigenvalue weighted by atomic mass is 10.2. The average molecular weight is 353 g/mol. The fourth-order valence-corrected chi connectivity index (χ4v) is 3.21. The van der Waals surface area contributed by atoms with E-state index in [2.05, 4.69) is 0 Å². The van der Waals surface area contributed by atoms with Crippen molar-refractivity contribution >= 4 is 32.8 Å². The van der Waals surface area contributed by atoms with Crippen molar-refractivity contribution < 1.29 is 17.9 Å². The molecule has 23 heavy (non-hydrogen) atoms. The lowest BCUT2D eigenvalue weighted by molar-refractivity contribution is -0.118. The van der Waals surface area contributed by atoms with Crippen LogP contribution in [0.15, 0.2) is 41.8 Å². The monoisotopic (exact) mass is 353 g/mol. The Labute approximate surface area is 140 Å². The van der Waals surface area contributed by atoms with Crippen molar-refractivity contribution in [1.29, 1.82) is 0 Å². The molecule has 1 aromatic carbocycles. The van der Waals surface area contributed by atoms with E-state index in [1.165, 1.54) is 23.2 Å². The van der Waals surface area contributed by atoms with Crippen LogP contribution in [0.2, 0.25) is 0 Å². The Balaban J connectivity index is 2.36. The van der Waals surface area contributed by atoms with Crippen LogP contribution in [-0.2, 0) is 21.2 Å². The first-order valence-corrected chi connectivity index (χ1v) is 9.83. The first-order chi connectivity index (χ1) is 10.8. The van der Waals surface area contributed by atoms with Crippen LogP contribution in [0.5, 0.6) is 5.75 Å². The van der Waals surface area contributed by atoms with Crippen molar-refractivity contribution in [2.75, 3.05) is 18.3 Å². The quantitative estimate of drug-likeness (QED) is 0.801. The Kier molecular flexibility index (Phi) is 5.43. The molecule has 1 unspecified atom stereocenters. The number of methoxy groups -OCH3 is 1. The maximum absolute atomic E-state index is 12.7. The topological polar surface area (TPSA) is 63.7 Å². The molecule has 0 fully saturated rings. The van der Waals surface area contributed by atoms with Crippen LogP contribution >= 0.6 is 11.3 Å². The molecule has 124 valence electrons. The molecule has 0 radical (unpaired) electrons. The zero-order valence-corrected chi connectivity index (χ0v) is 14.9. The minimum atomic E-state index is -3.46. The molecule has 5 nitrogen and oxygen atoms in total. The van der Waals surface area contributed by atoms with Crippen molar-refractivity contribution in [2.45, 2.75) is 18.7 Å². The first-order valence-electron chi connectivity index (χ1n) is 6.99. The molecule has 2 aromatic rings. The van der Waals surface area contributed by atoms with E-state index in [-0.39, 0.29) is 0 Å². The molecule has 7 heteroatoms. The number of thiophene rings is 1. The summed E-state index contributed by atoms with van der Waals surface area (Å²) in [5.41, 5.74) is 0.639. The SMILES string of the molecule is COc1ccc(N(Cc2cccs2)C(=O)C(C)S(C)(=O)=O)cc1. The molecule has 1 aromatic heterocycles. The third kappa shape index (κ3) is 4.33. The van der Waals surface area contributed by atoms with Gasteiger partial charge in [0.25, 0.3) is 0 Å². The van der Waals surface area contributed by atoms with Gasteiger partial charge in [-0.3, -0.25) is 4.79 Å². The highest BCUT2D eigenvalue weighted by molar-refractivity contribution is 7.92. The zero-order valence-electron chi connectivity index (χ0n) is 13.2. The lowest BCUT2D eigenvalue weighted by Crippen LogP contribution is -2.40. The highest BCUT2D eigenvalue weighted by Crippen LogP contribution is 2.24. The Morgan fingerprint density at radius 3 is 2.39 bits per heavy atom. The normalized spacial score (nSPS) is 12.7. The van der Waals surface area contributed by atoms with Crippen LogP contribution < -0.4 is 9.64 Å². The Hall–Kier alpha value is -1.86. The van der Waals surface area contributed by atoms with Crippen molar-refractivity contribution in [3.63, 3.8) is 0 Å². The van der Waals surface area contributed by atoms with E-state index in [0.717, 1.165) is 11.1 Å². The smallest absolute Gasteiger partial charge is 0.245 e. The van der Waals surface area contributed by atoms with Crippen LogP contribution in [0.3, 0.4) is 0 Å². The van der Waals surface area contributed by atoms with Crippen molar-refractivity contribution in [3.8, 4) is 5.75 Å². The molecule has 0 saturated carbocycles. The number of rotatable bonds is 6. The highest BCUT2D eigenvalue weighted by Gasteiger charge is 2.29. The van der Waals surface area contributed by atoms with Crippen LogP contribution in [0, 0.1) is 0 Å². The summed E-state index contributed by atoms with van der Waals surface area (Å²) in [5.74, 6) is 0.236. The standard InChI is InChI=1S/C16H19NO4S2/c1-12(23(3,19)20)16(18)17(11-15-5-4-10-22-15)13-6-8-14(21-2)9-7-13/h4-10,12H,11H2,1-3H3. The fraction of sp³-hybridized carbons (Fsp3) is 0.312. The molecule has 0 saturated heterocycles. The number of hydrogen-bond donors (Lipinski definition) is 0. The molecule has 0 aliphatic rings. The number of amides is 1. The second-order valence-corrected chi connectivity index (χ2v) is 8.57. The van der Waals surface area contributed by atoms with Gasteiger partial charge in [0.1, 0.15) is 11.0 Å². The molecule has 0 aliphatic heterocycles. The van der Waals surface area contributed by atoms with E-state index in [9.17, 15) is 13.2 Å². The molecule has 2 rings (SSSR count). The average Bonchev–Trinajstić information content (AvgIpc) is 3.03. The minimum Gasteiger partial charge on any atom is -0.497 e. The summed E-state index contributed by atoms with van der Waals surface area (Å²) >= 11 is 1.52. The fourth-order valence-electron chi connectivity index (χ4n) is 2.02. The molecular formula is C16H19NO4S2. The van der Waals surface area contributed by atoms with E-state index < -0.39 is 21.0 Å². The van der Waals surface area contributed by atoms with Gasteiger partial charge < -0.3 is 9.64 Å². The van der Waals surface area contributed by atoms with Gasteiger partial charge in [0.15, 0.2) is 9.84 Å². The molecule has 1 atom stereocenters. The maximum Gasteiger partial charge on any atom is 0.245 e. The van der Waals surface area contributed by atoms with Crippen LogP contribution in [0.1, 0.15) is 11.8 Å². The lowest BCUT2D eigenvalue weighted by Gasteiger charge is -2.25. The van der Waals surface area contributed by atoms with Gasteiger partial charge in [-0.05, 0) is 42.6 Å². The van der Waals surface area contributed by atoms with Gasteiger partial charge in [-0.2, -0.15) is 0 Å². The van der Waals surface area contributed by atoms with Gasteiger partial charge in [0, 0.05) is 16.8 Å². The van der Waals surface area contributed by atoms with Gasteiger partial charge in [-0.1, -0.05) is 6.07 Å². The predicted molar refractivity (Wildman–Crippen MR) is 92.8 cm³/mol. The van der Waals surface area contributed by atoms with Crippen LogP contribution in [0.25, 0.3) is 0 Å². The predicted octanol–water partition coefficient (Wildman–Crippen LogP) is 2.72. The van der Waals surface area contributed by atoms with E-state index in [0.29, 0.717) is 18.0 Å². The summed E-state index contributed by atoms with van der Waals surface area (Å²) in [6, 6.07) is 10.8. The van der Waals surface area contributed by atoms with Gasteiger partial charge in [-0.15, -0.1) is 11.3 Å². The number of benzene rings is 1. The number of carbonyl (C=O) groups excluding carboxylic acids is 1. The molecular weight excluding hydrogens is 334 g/mol. The number of sulfone groups is 1. The summed E-state index contributed by atoms with van der Waals surface area (Å²) in [7, 11) is -1.89. The van der Waals surface area contributed by atoms with Crippen molar-refractivity contribution in [2.24, 2.45) is 0 Å². The molecule has 1 heterocycles. The summed E-state index contributed by atoms with van der Waals surface area (Å²) in [4.78, 5) is 15.2. The molecule has 0 N–H and O–H groups in total. The summed E-state index contributed by atoms with van der Waals surface area (Å²) in [6.07, 6.45) is 1.08. The van der Waals surface area contributed by atoms with E-state index in [4.69, 9.17) is 4.74 Å². The summed E-state index contributed by atoms with van der Waals surface area (Å²) in [6.45, 7) is 1.76. The Morgan fingerprint density at radius 1 is 1.26 bits per heavy atom. The van der Waals surface area contributed by atoms with Crippen molar-refractivity contribution in [1.82, 2.24) is 0 Å². The number of hydrogen-bond acceptors (Lipinski definition) is 5. The third-order valence-electron chi connectivity index (χ3n) is 3.53. The van der Waals surface area contributed by atoms with E-state index >= 15 is 0 Å². The Morgan fingerprint density at radius 2 is 1.91 bits per heavy atom. The number of anilines is 1. The van der Waals surface area contributed by atoms with Crippen LogP contribution in [-0.4, -0.2) is 32.9 Å². The van der Waals surface area contributed by atoms with Gasteiger partial charge in [0.2, 0.25) is 5.91 Å². The molecule has 1 amide bonds. The van der Waals surface area contributed by atoms with E-state index in [1.54, 1.807) is 31.4 Å². The maximum atomic E-state index is 12.7. The van der Waals surface area contributed by atoms with Gasteiger partial charge in [0.05, 0.1) is 13.7 Å². The molecule has 0 bridgehead atoms. The number of ether oxygens (including phenoxy) is 1. The third-order valence-corrected chi connectivity index (χ3v) is 5.88. The molecule has 0 aliphatic carbocycles.